The maximum Gasteiger partial charge on any atom is 0.257 e. The molecule has 0 saturated heterocycles. The summed E-state index contributed by atoms with van der Waals surface area (Å²) in [5.41, 5.74) is 0.288. The monoisotopic (exact) mass is 401 g/mol. The second-order valence-electron chi connectivity index (χ2n) is 6.21. The number of para-hydroxylation sites is 1. The molecule has 6 nitrogen and oxygen atoms in total. The van der Waals surface area contributed by atoms with Crippen LogP contribution in [0.4, 0.5) is 4.39 Å². The van der Waals surface area contributed by atoms with Crippen molar-refractivity contribution in [2.24, 2.45) is 0 Å². The molecule has 0 atom stereocenters. The van der Waals surface area contributed by atoms with Gasteiger partial charge in [0.1, 0.15) is 11.4 Å². The Bertz CT molecular complexity index is 1090. The average molecular weight is 402 g/mol. The van der Waals surface area contributed by atoms with Crippen LogP contribution in [-0.4, -0.2) is 35.3 Å². The predicted molar refractivity (Wildman–Crippen MR) is 105 cm³/mol. The number of pyridine rings is 1. The lowest BCUT2D eigenvalue weighted by Crippen LogP contribution is -2.39. The number of hydrogen-bond acceptors (Lipinski definition) is 3. The van der Waals surface area contributed by atoms with Gasteiger partial charge in [0.15, 0.2) is 0 Å². The van der Waals surface area contributed by atoms with Gasteiger partial charge in [0.05, 0.1) is 6.54 Å². The van der Waals surface area contributed by atoms with Crippen molar-refractivity contribution in [1.82, 2.24) is 15.2 Å². The molecule has 2 N–H and O–H groups in total. The summed E-state index contributed by atoms with van der Waals surface area (Å²) in [6.45, 7) is -0.384. The molecule has 0 saturated carbocycles. The number of nitrogens with zero attached hydrogens (tertiary/aromatic N) is 1. The van der Waals surface area contributed by atoms with Crippen LogP contribution < -0.4 is 10.7 Å². The second-order valence-corrected chi connectivity index (χ2v) is 6.62. The minimum atomic E-state index is -0.669. The van der Waals surface area contributed by atoms with E-state index in [1.165, 1.54) is 36.3 Å². The number of nitrogens with one attached hydrogen (secondary N) is 2. The SMILES string of the molecule is CN(Cc1c(F)cccc1Cl)C(=O)CNC(=O)c1c[nH]c2ccccc2c1=O. The number of aromatic amines is 1. The number of H-pyrrole nitrogens is 1. The van der Waals surface area contributed by atoms with Gasteiger partial charge >= 0.3 is 0 Å². The number of carbonyl (C=O) groups is 2. The van der Waals surface area contributed by atoms with Gasteiger partial charge in [-0.05, 0) is 24.3 Å². The highest BCUT2D eigenvalue weighted by atomic mass is 35.5. The van der Waals surface area contributed by atoms with Gasteiger partial charge in [-0.15, -0.1) is 0 Å². The minimum Gasteiger partial charge on any atom is -0.360 e. The number of halogens is 2. The number of hydrogen-bond donors (Lipinski definition) is 2. The van der Waals surface area contributed by atoms with Gasteiger partial charge in [-0.3, -0.25) is 14.4 Å². The molecule has 0 radical (unpaired) electrons. The molecule has 0 aliphatic carbocycles. The zero-order chi connectivity index (χ0) is 20.3. The van der Waals surface area contributed by atoms with E-state index in [1.807, 2.05) is 0 Å². The lowest BCUT2D eigenvalue weighted by molar-refractivity contribution is -0.129. The highest BCUT2D eigenvalue weighted by molar-refractivity contribution is 6.31. The van der Waals surface area contributed by atoms with Crippen LogP contribution >= 0.6 is 11.6 Å². The molecular weight excluding hydrogens is 385 g/mol. The Kier molecular flexibility index (Phi) is 5.75. The molecule has 8 heteroatoms. The van der Waals surface area contributed by atoms with E-state index in [4.69, 9.17) is 11.6 Å². The van der Waals surface area contributed by atoms with Crippen LogP contribution in [0.3, 0.4) is 0 Å². The van der Waals surface area contributed by atoms with E-state index in [0.717, 1.165) is 0 Å². The zero-order valence-corrected chi connectivity index (χ0v) is 15.7. The van der Waals surface area contributed by atoms with E-state index in [2.05, 4.69) is 10.3 Å². The molecule has 1 aromatic heterocycles. The largest absolute Gasteiger partial charge is 0.360 e. The molecule has 3 rings (SSSR count). The van der Waals surface area contributed by atoms with E-state index in [1.54, 1.807) is 24.3 Å². The van der Waals surface area contributed by atoms with Gasteiger partial charge in [0.2, 0.25) is 11.3 Å². The summed E-state index contributed by atoms with van der Waals surface area (Å²) in [6, 6.07) is 11.1. The van der Waals surface area contributed by atoms with Crippen LogP contribution in [0.5, 0.6) is 0 Å². The first-order valence-electron chi connectivity index (χ1n) is 8.44. The van der Waals surface area contributed by atoms with E-state index in [9.17, 15) is 18.8 Å². The quantitative estimate of drug-likeness (QED) is 0.689. The van der Waals surface area contributed by atoms with Crippen LogP contribution in [0.15, 0.2) is 53.5 Å². The molecule has 1 heterocycles. The van der Waals surface area contributed by atoms with Crippen molar-refractivity contribution in [3.8, 4) is 0 Å². The molecule has 0 bridgehead atoms. The van der Waals surface area contributed by atoms with Crippen LogP contribution in [-0.2, 0) is 11.3 Å². The molecule has 28 heavy (non-hydrogen) atoms. The number of benzene rings is 2. The highest BCUT2D eigenvalue weighted by Gasteiger charge is 2.17. The van der Waals surface area contributed by atoms with Gasteiger partial charge in [-0.2, -0.15) is 0 Å². The number of fused-ring (bicyclic) bond motifs is 1. The summed E-state index contributed by atoms with van der Waals surface area (Å²) in [7, 11) is 1.47. The fraction of sp³-hybridized carbons (Fsp3) is 0.150. The first-order valence-corrected chi connectivity index (χ1v) is 8.81. The van der Waals surface area contributed by atoms with Crippen molar-refractivity contribution >= 4 is 34.3 Å². The molecule has 0 aliphatic rings. The Morgan fingerprint density at radius 2 is 1.93 bits per heavy atom. The van der Waals surface area contributed by atoms with Crippen LogP contribution in [0, 0.1) is 5.82 Å². The summed E-state index contributed by atoms with van der Waals surface area (Å²) in [6.07, 6.45) is 1.31. The molecule has 2 aromatic carbocycles. The molecular formula is C20H17ClFN3O3. The Hall–Kier alpha value is -3.19. The summed E-state index contributed by atoms with van der Waals surface area (Å²) < 4.78 is 13.9. The van der Waals surface area contributed by atoms with Crippen LogP contribution in [0.2, 0.25) is 5.02 Å². The molecule has 0 fully saturated rings. The summed E-state index contributed by atoms with van der Waals surface area (Å²) in [5, 5.41) is 3.02. The first kappa shape index (κ1) is 19.6. The maximum atomic E-state index is 13.9. The maximum absolute atomic E-state index is 13.9. The lowest BCUT2D eigenvalue weighted by atomic mass is 10.1. The first-order chi connectivity index (χ1) is 13.4. The van der Waals surface area contributed by atoms with Gasteiger partial charge in [0.25, 0.3) is 5.91 Å². The van der Waals surface area contributed by atoms with Gasteiger partial charge in [-0.1, -0.05) is 29.8 Å². The lowest BCUT2D eigenvalue weighted by Gasteiger charge is -2.18. The average Bonchev–Trinajstić information content (AvgIpc) is 2.69. The number of likely N-dealkylation sites (N-methyl/N-ethyl adjacent to an activating group) is 1. The van der Waals surface area contributed by atoms with E-state index in [0.29, 0.717) is 10.9 Å². The smallest absolute Gasteiger partial charge is 0.257 e. The standard InChI is InChI=1S/C20H17ClFN3O3/c1-25(11-14-15(21)6-4-7-16(14)22)18(26)10-24-20(28)13-9-23-17-8-3-2-5-12(17)19(13)27/h2-9H,10-11H2,1H3,(H,23,27)(H,24,28). The fourth-order valence-corrected chi connectivity index (χ4v) is 2.95. The van der Waals surface area contributed by atoms with Crippen molar-refractivity contribution in [3.63, 3.8) is 0 Å². The van der Waals surface area contributed by atoms with Gasteiger partial charge in [0, 0.05) is 41.3 Å². The van der Waals surface area contributed by atoms with E-state index >= 15 is 0 Å². The third-order valence-corrected chi connectivity index (χ3v) is 4.67. The van der Waals surface area contributed by atoms with E-state index in [-0.39, 0.29) is 29.2 Å². The van der Waals surface area contributed by atoms with Crippen molar-refractivity contribution in [2.75, 3.05) is 13.6 Å². The number of amides is 2. The zero-order valence-electron chi connectivity index (χ0n) is 15.0. The molecule has 0 aliphatic heterocycles. The summed E-state index contributed by atoms with van der Waals surface area (Å²) >= 11 is 5.97. The number of carbonyl (C=O) groups excluding carboxylic acids is 2. The number of rotatable bonds is 5. The van der Waals surface area contributed by atoms with Crippen LogP contribution in [0.1, 0.15) is 15.9 Å². The highest BCUT2D eigenvalue weighted by Crippen LogP contribution is 2.20. The second kappa shape index (κ2) is 8.22. The third-order valence-electron chi connectivity index (χ3n) is 4.32. The van der Waals surface area contributed by atoms with Gasteiger partial charge < -0.3 is 15.2 Å². The van der Waals surface area contributed by atoms with Gasteiger partial charge in [-0.25, -0.2) is 4.39 Å². The van der Waals surface area contributed by atoms with Crippen molar-refractivity contribution in [3.05, 3.63) is 80.9 Å². The van der Waals surface area contributed by atoms with Crippen molar-refractivity contribution in [1.29, 1.82) is 0 Å². The topological polar surface area (TPSA) is 82.3 Å². The molecule has 0 spiro atoms. The molecule has 0 unspecified atom stereocenters. The molecule has 144 valence electrons. The minimum absolute atomic E-state index is 0.0449. The molecule has 3 aromatic rings. The Labute approximate surface area is 164 Å². The normalized spacial score (nSPS) is 10.7. The Morgan fingerprint density at radius 1 is 1.18 bits per heavy atom. The van der Waals surface area contributed by atoms with Crippen molar-refractivity contribution < 1.29 is 14.0 Å². The third kappa shape index (κ3) is 4.04. The van der Waals surface area contributed by atoms with Crippen LogP contribution in [0.25, 0.3) is 10.9 Å². The molecule has 2 amide bonds. The number of aromatic nitrogens is 1. The predicted octanol–water partition coefficient (Wildman–Crippen LogP) is 2.71. The fourth-order valence-electron chi connectivity index (χ4n) is 2.73. The Morgan fingerprint density at radius 3 is 2.68 bits per heavy atom. The van der Waals surface area contributed by atoms with Crippen molar-refractivity contribution in [2.45, 2.75) is 6.54 Å². The Balaban J connectivity index is 1.66. The summed E-state index contributed by atoms with van der Waals surface area (Å²) in [5.74, 6) is -1.64. The summed E-state index contributed by atoms with van der Waals surface area (Å²) in [4.78, 5) is 41.1. The van der Waals surface area contributed by atoms with E-state index < -0.39 is 23.1 Å².